The smallest absolute Gasteiger partial charge is 0.291 e. The number of hydrogen-bond acceptors (Lipinski definition) is 3. The fourth-order valence-electron chi connectivity index (χ4n) is 3.67. The number of benzene rings is 2. The van der Waals surface area contributed by atoms with Crippen molar-refractivity contribution >= 4 is 27.7 Å². The molecule has 0 saturated heterocycles. The van der Waals surface area contributed by atoms with Crippen molar-refractivity contribution in [2.24, 2.45) is 7.05 Å². The van der Waals surface area contributed by atoms with E-state index in [4.69, 9.17) is 0 Å². The molecule has 1 N–H and O–H groups in total. The maximum absolute atomic E-state index is 12.9. The van der Waals surface area contributed by atoms with Crippen molar-refractivity contribution in [2.45, 2.75) is 26.4 Å². The monoisotopic (exact) mass is 374 g/mol. The third-order valence-corrected chi connectivity index (χ3v) is 5.12. The molecular weight excluding hydrogens is 352 g/mol. The van der Waals surface area contributed by atoms with Crippen LogP contribution in [0.2, 0.25) is 0 Å². The third-order valence-electron chi connectivity index (χ3n) is 5.12. The number of carbonyl (C=O) groups excluding carboxylic acids is 1. The number of aryl methyl sites for hydroxylation is 2. The second-order valence-corrected chi connectivity index (χ2v) is 7.11. The molecule has 0 bridgehead atoms. The van der Waals surface area contributed by atoms with Crippen LogP contribution in [0, 0.1) is 6.92 Å². The third kappa shape index (κ3) is 2.97. The van der Waals surface area contributed by atoms with Gasteiger partial charge in [-0.2, -0.15) is 5.10 Å². The molecule has 0 fully saturated rings. The van der Waals surface area contributed by atoms with Gasteiger partial charge in [-0.05, 0) is 25.5 Å². The average Bonchev–Trinajstić information content (AvgIpc) is 3.03. The molecule has 1 unspecified atom stereocenters. The number of amides is 1. The molecule has 0 aliphatic heterocycles. The van der Waals surface area contributed by atoms with Crippen LogP contribution in [-0.2, 0) is 18.4 Å². The van der Waals surface area contributed by atoms with Crippen LogP contribution in [0.3, 0.4) is 0 Å². The van der Waals surface area contributed by atoms with E-state index in [9.17, 15) is 9.59 Å². The number of carbonyl (C=O) groups is 1. The highest BCUT2D eigenvalue weighted by atomic mass is 16.2. The molecule has 0 spiro atoms. The minimum absolute atomic E-state index is 0.136. The van der Waals surface area contributed by atoms with Crippen LogP contribution >= 0.6 is 0 Å². The maximum atomic E-state index is 12.9. The van der Waals surface area contributed by atoms with Gasteiger partial charge >= 0.3 is 0 Å². The number of nitrogens with zero attached hydrogens (tertiary/aromatic N) is 3. The fourth-order valence-corrected chi connectivity index (χ4v) is 3.67. The summed E-state index contributed by atoms with van der Waals surface area (Å²) in [6, 6.07) is 15.2. The summed E-state index contributed by atoms with van der Waals surface area (Å²) in [5.41, 5.74) is 3.32. The van der Waals surface area contributed by atoms with E-state index in [0.29, 0.717) is 12.1 Å². The molecule has 2 heterocycles. The molecule has 0 aliphatic rings. The number of nitrogens with one attached hydrogen (secondary N) is 1. The first kappa shape index (κ1) is 18.0. The fraction of sp³-hybridized carbons (Fsp3) is 0.227. The molecule has 1 amide bonds. The van der Waals surface area contributed by atoms with E-state index in [0.717, 1.165) is 27.4 Å². The molecule has 4 rings (SSSR count). The van der Waals surface area contributed by atoms with Crippen LogP contribution in [0.1, 0.15) is 24.1 Å². The lowest BCUT2D eigenvalue weighted by molar-refractivity contribution is -0.123. The largest absolute Gasteiger partial charge is 0.350 e. The Morgan fingerprint density at radius 3 is 2.71 bits per heavy atom. The lowest BCUT2D eigenvalue weighted by Crippen LogP contribution is -2.32. The molecule has 4 aromatic rings. The van der Waals surface area contributed by atoms with Crippen molar-refractivity contribution in [3.8, 4) is 0 Å². The maximum Gasteiger partial charge on any atom is 0.291 e. The molecule has 6 nitrogen and oxygen atoms in total. The topological polar surface area (TPSA) is 68.9 Å². The first-order valence-corrected chi connectivity index (χ1v) is 9.25. The predicted molar refractivity (Wildman–Crippen MR) is 110 cm³/mol. The van der Waals surface area contributed by atoms with Gasteiger partial charge in [0.2, 0.25) is 5.91 Å². The lowest BCUT2D eigenvalue weighted by Gasteiger charge is -2.17. The van der Waals surface area contributed by atoms with Crippen molar-refractivity contribution in [2.75, 3.05) is 0 Å². The zero-order valence-electron chi connectivity index (χ0n) is 16.1. The van der Waals surface area contributed by atoms with Crippen molar-refractivity contribution in [3.63, 3.8) is 0 Å². The summed E-state index contributed by atoms with van der Waals surface area (Å²) >= 11 is 0. The van der Waals surface area contributed by atoms with Gasteiger partial charge in [-0.25, -0.2) is 4.68 Å². The Morgan fingerprint density at radius 2 is 1.93 bits per heavy atom. The van der Waals surface area contributed by atoms with E-state index in [1.807, 2.05) is 66.9 Å². The second-order valence-electron chi connectivity index (χ2n) is 7.11. The summed E-state index contributed by atoms with van der Waals surface area (Å²) in [6.45, 7) is 4.29. The number of para-hydroxylation sites is 1. The van der Waals surface area contributed by atoms with Gasteiger partial charge in [-0.15, -0.1) is 0 Å². The Bertz CT molecular complexity index is 1250. The second kappa shape index (κ2) is 6.96. The normalized spacial score (nSPS) is 12.4. The van der Waals surface area contributed by atoms with E-state index in [1.165, 1.54) is 4.68 Å². The highest BCUT2D eigenvalue weighted by molar-refractivity contribution is 6.08. The summed E-state index contributed by atoms with van der Waals surface area (Å²) < 4.78 is 3.12. The van der Waals surface area contributed by atoms with E-state index in [-0.39, 0.29) is 11.5 Å². The van der Waals surface area contributed by atoms with Crippen LogP contribution in [-0.4, -0.2) is 20.3 Å². The van der Waals surface area contributed by atoms with Crippen molar-refractivity contribution in [3.05, 3.63) is 76.2 Å². The summed E-state index contributed by atoms with van der Waals surface area (Å²) in [4.78, 5) is 25.7. The standard InChI is InChI=1S/C22H22N4O2/c1-14-7-6-8-16(11-14)12-23-21(27)15(2)26-19-10-5-4-9-17(19)18-13-24-25(3)22(28)20(18)26/h4-11,13,15H,12H2,1-3H3,(H,23,27). The van der Waals surface area contributed by atoms with Crippen LogP contribution in [0.15, 0.2) is 59.5 Å². The average molecular weight is 374 g/mol. The Labute approximate surface area is 162 Å². The Morgan fingerprint density at radius 1 is 1.14 bits per heavy atom. The van der Waals surface area contributed by atoms with Gasteiger partial charge in [0.15, 0.2) is 0 Å². The quantitative estimate of drug-likeness (QED) is 0.597. The Balaban J connectivity index is 1.75. The van der Waals surface area contributed by atoms with Gasteiger partial charge in [0.1, 0.15) is 11.6 Å². The Hall–Kier alpha value is -3.41. The SMILES string of the molecule is Cc1cccc(CNC(=O)C(C)n2c3ccccc3c3cnn(C)c(=O)c32)c1. The minimum Gasteiger partial charge on any atom is -0.350 e. The summed E-state index contributed by atoms with van der Waals surface area (Å²) in [5, 5.41) is 8.82. The minimum atomic E-state index is -0.540. The van der Waals surface area contributed by atoms with E-state index in [1.54, 1.807) is 13.2 Å². The molecule has 6 heteroatoms. The molecule has 142 valence electrons. The molecule has 0 radical (unpaired) electrons. The van der Waals surface area contributed by atoms with Crippen LogP contribution in [0.5, 0.6) is 0 Å². The first-order chi connectivity index (χ1) is 13.5. The van der Waals surface area contributed by atoms with E-state index >= 15 is 0 Å². The molecule has 2 aromatic heterocycles. The van der Waals surface area contributed by atoms with Gasteiger partial charge in [0.25, 0.3) is 5.56 Å². The summed E-state index contributed by atoms with van der Waals surface area (Å²) in [5.74, 6) is -0.136. The van der Waals surface area contributed by atoms with E-state index in [2.05, 4.69) is 10.4 Å². The molecule has 0 aliphatic carbocycles. The van der Waals surface area contributed by atoms with Crippen molar-refractivity contribution < 1.29 is 4.79 Å². The van der Waals surface area contributed by atoms with Crippen LogP contribution < -0.4 is 10.9 Å². The molecule has 0 saturated carbocycles. The number of hydrogen-bond donors (Lipinski definition) is 1. The predicted octanol–water partition coefficient (Wildman–Crippen LogP) is 3.07. The first-order valence-electron chi connectivity index (χ1n) is 9.25. The van der Waals surface area contributed by atoms with Crippen molar-refractivity contribution in [1.82, 2.24) is 19.7 Å². The highest BCUT2D eigenvalue weighted by Crippen LogP contribution is 2.29. The van der Waals surface area contributed by atoms with Gasteiger partial charge < -0.3 is 9.88 Å². The molecule has 28 heavy (non-hydrogen) atoms. The summed E-state index contributed by atoms with van der Waals surface area (Å²) in [7, 11) is 1.62. The van der Waals surface area contributed by atoms with E-state index < -0.39 is 6.04 Å². The zero-order chi connectivity index (χ0) is 19.8. The number of aromatic nitrogens is 3. The van der Waals surface area contributed by atoms with Gasteiger partial charge in [0.05, 0.1) is 11.7 Å². The molecular formula is C22H22N4O2. The lowest BCUT2D eigenvalue weighted by atomic mass is 10.1. The highest BCUT2D eigenvalue weighted by Gasteiger charge is 2.23. The van der Waals surface area contributed by atoms with Crippen molar-refractivity contribution in [1.29, 1.82) is 0 Å². The number of rotatable bonds is 4. The summed E-state index contributed by atoms with van der Waals surface area (Å²) in [6.07, 6.45) is 1.69. The van der Waals surface area contributed by atoms with Crippen LogP contribution in [0.25, 0.3) is 21.8 Å². The number of fused-ring (bicyclic) bond motifs is 3. The van der Waals surface area contributed by atoms with Gasteiger partial charge in [0, 0.05) is 24.4 Å². The van der Waals surface area contributed by atoms with Gasteiger partial charge in [-0.3, -0.25) is 9.59 Å². The molecule has 1 atom stereocenters. The Kier molecular flexibility index (Phi) is 4.47. The van der Waals surface area contributed by atoms with Crippen LogP contribution in [0.4, 0.5) is 0 Å². The van der Waals surface area contributed by atoms with Gasteiger partial charge in [-0.1, -0.05) is 48.0 Å². The zero-order valence-corrected chi connectivity index (χ0v) is 16.1. The molecule has 2 aromatic carbocycles.